The van der Waals surface area contributed by atoms with Crippen molar-refractivity contribution >= 4 is 22.7 Å². The molecule has 0 aliphatic heterocycles. The summed E-state index contributed by atoms with van der Waals surface area (Å²) in [7, 11) is 0. The number of ether oxygens (including phenoxy) is 2. The molecule has 2 aromatic carbocycles. The van der Waals surface area contributed by atoms with Gasteiger partial charge in [0.2, 0.25) is 12.2 Å². The van der Waals surface area contributed by atoms with Crippen LogP contribution in [-0.4, -0.2) is 46.7 Å². The predicted octanol–water partition coefficient (Wildman–Crippen LogP) is 2.77. The molecule has 0 spiro atoms. The van der Waals surface area contributed by atoms with Crippen LogP contribution in [0.2, 0.25) is 0 Å². The SMILES string of the molecule is O=C(OCc1cc2ccccc2cc1COC(=O)[C@@H](O)C(F)(F)F)[C@@H](O)C(F)(F)F. The number of carbonyl (C=O) groups excluding carboxylic acids is 2. The molecule has 0 saturated heterocycles. The zero-order valence-corrected chi connectivity index (χ0v) is 14.8. The smallest absolute Gasteiger partial charge is 0.425 e. The highest BCUT2D eigenvalue weighted by molar-refractivity contribution is 5.84. The summed E-state index contributed by atoms with van der Waals surface area (Å²) in [6.07, 6.45) is -17.2. The molecule has 0 bridgehead atoms. The summed E-state index contributed by atoms with van der Waals surface area (Å²) < 4.78 is 83.1. The topological polar surface area (TPSA) is 93.1 Å². The van der Waals surface area contributed by atoms with Crippen LogP contribution in [0.25, 0.3) is 10.8 Å². The molecule has 0 unspecified atom stereocenters. The number of hydrogen-bond donors (Lipinski definition) is 2. The first-order valence-electron chi connectivity index (χ1n) is 8.14. The zero-order chi connectivity index (χ0) is 22.7. The third-order valence-corrected chi connectivity index (χ3v) is 3.87. The molecule has 0 aliphatic rings. The normalized spacial score (nSPS) is 14.3. The van der Waals surface area contributed by atoms with Crippen LogP contribution in [0.15, 0.2) is 36.4 Å². The summed E-state index contributed by atoms with van der Waals surface area (Å²) in [4.78, 5) is 22.7. The Morgan fingerprint density at radius 1 is 0.767 bits per heavy atom. The maximum Gasteiger partial charge on any atom is 0.425 e. The lowest BCUT2D eigenvalue weighted by Crippen LogP contribution is -2.38. The summed E-state index contributed by atoms with van der Waals surface area (Å²) in [6.45, 7) is -1.57. The number of halogens is 6. The quantitative estimate of drug-likeness (QED) is 0.530. The molecular formula is C18H14F6O6. The first kappa shape index (κ1) is 23.4. The fraction of sp³-hybridized carbons (Fsp3) is 0.333. The van der Waals surface area contributed by atoms with Gasteiger partial charge in [-0.3, -0.25) is 0 Å². The maximum atomic E-state index is 12.4. The first-order valence-corrected chi connectivity index (χ1v) is 8.14. The molecule has 2 N–H and O–H groups in total. The molecule has 0 saturated carbocycles. The Labute approximate surface area is 164 Å². The van der Waals surface area contributed by atoms with Crippen LogP contribution in [0.4, 0.5) is 26.3 Å². The van der Waals surface area contributed by atoms with E-state index in [-0.39, 0.29) is 11.1 Å². The highest BCUT2D eigenvalue weighted by Gasteiger charge is 2.45. The number of aliphatic hydroxyl groups is 2. The number of aliphatic hydroxyl groups excluding tert-OH is 2. The van der Waals surface area contributed by atoms with E-state index in [1.54, 1.807) is 24.3 Å². The lowest BCUT2D eigenvalue weighted by Gasteiger charge is -2.17. The van der Waals surface area contributed by atoms with E-state index in [2.05, 4.69) is 9.47 Å². The number of esters is 2. The monoisotopic (exact) mass is 440 g/mol. The van der Waals surface area contributed by atoms with Gasteiger partial charge in [0, 0.05) is 0 Å². The van der Waals surface area contributed by atoms with Crippen LogP contribution in [0.3, 0.4) is 0 Å². The minimum Gasteiger partial charge on any atom is -0.459 e. The van der Waals surface area contributed by atoms with Crippen LogP contribution >= 0.6 is 0 Å². The Kier molecular flexibility index (Phi) is 6.93. The van der Waals surface area contributed by atoms with Gasteiger partial charge in [0.15, 0.2) is 0 Å². The fourth-order valence-electron chi connectivity index (χ4n) is 2.33. The maximum absolute atomic E-state index is 12.4. The summed E-state index contributed by atoms with van der Waals surface area (Å²) in [5, 5.41) is 18.9. The summed E-state index contributed by atoms with van der Waals surface area (Å²) in [5.41, 5.74) is 0.0384. The molecule has 12 heteroatoms. The molecule has 0 heterocycles. The molecular weight excluding hydrogens is 426 g/mol. The zero-order valence-electron chi connectivity index (χ0n) is 14.8. The summed E-state index contributed by atoms with van der Waals surface area (Å²) in [5.74, 6) is -3.96. The number of hydrogen-bond acceptors (Lipinski definition) is 6. The third-order valence-electron chi connectivity index (χ3n) is 3.87. The Bertz CT molecular complexity index is 849. The van der Waals surface area contributed by atoms with Crippen molar-refractivity contribution in [2.75, 3.05) is 0 Å². The van der Waals surface area contributed by atoms with Crippen molar-refractivity contribution in [2.45, 2.75) is 37.8 Å². The van der Waals surface area contributed by atoms with Gasteiger partial charge in [0.1, 0.15) is 13.2 Å². The van der Waals surface area contributed by atoms with Gasteiger partial charge in [0.05, 0.1) is 0 Å². The molecule has 2 aromatic rings. The third kappa shape index (κ3) is 5.83. The average Bonchev–Trinajstić information content (AvgIpc) is 2.67. The van der Waals surface area contributed by atoms with Gasteiger partial charge >= 0.3 is 24.3 Å². The van der Waals surface area contributed by atoms with E-state index in [0.717, 1.165) is 0 Å². The van der Waals surface area contributed by atoms with Crippen molar-refractivity contribution in [3.8, 4) is 0 Å². The van der Waals surface area contributed by atoms with Crippen LogP contribution in [-0.2, 0) is 32.3 Å². The van der Waals surface area contributed by atoms with Crippen LogP contribution < -0.4 is 0 Å². The van der Waals surface area contributed by atoms with Crippen molar-refractivity contribution < 1.29 is 55.6 Å². The van der Waals surface area contributed by atoms with Crippen LogP contribution in [0.5, 0.6) is 0 Å². The van der Waals surface area contributed by atoms with E-state index in [4.69, 9.17) is 10.2 Å². The van der Waals surface area contributed by atoms with E-state index in [9.17, 15) is 35.9 Å². The molecule has 0 fully saturated rings. The predicted molar refractivity (Wildman–Crippen MR) is 87.7 cm³/mol. The van der Waals surface area contributed by atoms with Gasteiger partial charge in [-0.25, -0.2) is 9.59 Å². The number of rotatable bonds is 6. The fourth-order valence-corrected chi connectivity index (χ4v) is 2.33. The lowest BCUT2D eigenvalue weighted by atomic mass is 10.0. The number of fused-ring (bicyclic) bond motifs is 1. The lowest BCUT2D eigenvalue weighted by molar-refractivity contribution is -0.220. The standard InChI is InChI=1S/C18H14F6O6/c19-17(20,21)13(25)15(27)29-7-11-5-9-3-1-2-4-10(9)6-12(11)8-30-16(28)14(26)18(22,23)24/h1-6,13-14,25-26H,7-8H2/t13-,14-/m1/s1. The van der Waals surface area contributed by atoms with E-state index in [1.165, 1.54) is 12.1 Å². The van der Waals surface area contributed by atoms with Crippen LogP contribution in [0.1, 0.15) is 11.1 Å². The van der Waals surface area contributed by atoms with Gasteiger partial charge in [-0.2, -0.15) is 26.3 Å². The van der Waals surface area contributed by atoms with Gasteiger partial charge in [-0.1, -0.05) is 24.3 Å². The van der Waals surface area contributed by atoms with Crippen molar-refractivity contribution in [3.63, 3.8) is 0 Å². The van der Waals surface area contributed by atoms with Gasteiger partial charge in [-0.05, 0) is 34.0 Å². The molecule has 6 nitrogen and oxygen atoms in total. The van der Waals surface area contributed by atoms with Crippen molar-refractivity contribution in [1.29, 1.82) is 0 Å². The largest absolute Gasteiger partial charge is 0.459 e. The van der Waals surface area contributed by atoms with Gasteiger partial charge in [0.25, 0.3) is 0 Å². The Morgan fingerprint density at radius 3 is 1.40 bits per heavy atom. The second kappa shape index (κ2) is 8.88. The highest BCUT2D eigenvalue weighted by Crippen LogP contribution is 2.25. The molecule has 164 valence electrons. The second-order valence-electron chi connectivity index (χ2n) is 6.07. The molecule has 0 aliphatic carbocycles. The second-order valence-corrected chi connectivity index (χ2v) is 6.07. The molecule has 2 rings (SSSR count). The average molecular weight is 440 g/mol. The van der Waals surface area contributed by atoms with E-state index >= 15 is 0 Å². The first-order chi connectivity index (χ1) is 13.8. The molecule has 30 heavy (non-hydrogen) atoms. The van der Waals surface area contributed by atoms with Crippen molar-refractivity contribution in [1.82, 2.24) is 0 Å². The molecule has 0 aromatic heterocycles. The molecule has 2 atom stereocenters. The minimum atomic E-state index is -5.24. The van der Waals surface area contributed by atoms with E-state index < -0.39 is 49.7 Å². The van der Waals surface area contributed by atoms with Crippen molar-refractivity contribution in [2.24, 2.45) is 0 Å². The summed E-state index contributed by atoms with van der Waals surface area (Å²) in [6, 6.07) is 9.20. The Balaban J connectivity index is 2.23. The minimum absolute atomic E-state index is 0.0192. The molecule has 0 radical (unpaired) electrons. The summed E-state index contributed by atoms with van der Waals surface area (Å²) >= 11 is 0. The van der Waals surface area contributed by atoms with E-state index in [1.807, 2.05) is 0 Å². The highest BCUT2D eigenvalue weighted by atomic mass is 19.4. The molecule has 0 amide bonds. The van der Waals surface area contributed by atoms with Gasteiger partial charge < -0.3 is 19.7 Å². The Hall–Kier alpha value is -2.86. The Morgan fingerprint density at radius 2 is 1.10 bits per heavy atom. The van der Waals surface area contributed by atoms with E-state index in [0.29, 0.717) is 10.8 Å². The van der Waals surface area contributed by atoms with Crippen molar-refractivity contribution in [3.05, 3.63) is 47.5 Å². The number of carbonyl (C=O) groups is 2. The van der Waals surface area contributed by atoms with Crippen LogP contribution in [0, 0.1) is 0 Å². The number of benzene rings is 2. The van der Waals surface area contributed by atoms with Gasteiger partial charge in [-0.15, -0.1) is 0 Å². The number of alkyl halides is 6.